The van der Waals surface area contributed by atoms with Gasteiger partial charge in [-0.1, -0.05) is 72.8 Å². The molecular weight excluding hydrogens is 523 g/mol. The van der Waals surface area contributed by atoms with Gasteiger partial charge in [0.05, 0.1) is 11.4 Å². The Morgan fingerprint density at radius 3 is 1.08 bits per heavy atom. The van der Waals surface area contributed by atoms with Crippen LogP contribution in [-0.4, -0.2) is 9.97 Å². The molecule has 2 aromatic carbocycles. The minimum Gasteiger partial charge on any atom is -1.00 e. The van der Waals surface area contributed by atoms with Crippen LogP contribution in [0.3, 0.4) is 0 Å². The predicted octanol–water partition coefficient (Wildman–Crippen LogP) is 2.50. The van der Waals surface area contributed by atoms with Gasteiger partial charge in [-0.2, -0.15) is 0 Å². The van der Waals surface area contributed by atoms with Crippen molar-refractivity contribution in [2.24, 2.45) is 0 Å². The van der Waals surface area contributed by atoms with Gasteiger partial charge in [0, 0.05) is 23.5 Å². The van der Waals surface area contributed by atoms with Gasteiger partial charge in [0.1, 0.15) is 0 Å². The Morgan fingerprint density at radius 2 is 0.769 bits per heavy atom. The molecule has 2 nitrogen and oxygen atoms in total. The largest absolute Gasteiger partial charge is 2.00 e. The summed E-state index contributed by atoms with van der Waals surface area (Å²) in [6.45, 7) is 0. The minimum absolute atomic E-state index is 0. The van der Waals surface area contributed by atoms with Crippen LogP contribution in [0.2, 0.25) is 0 Å². The maximum Gasteiger partial charge on any atom is 2.00 e. The zero-order valence-electron chi connectivity index (χ0n) is 14.0. The first-order valence-electron chi connectivity index (χ1n) is 7.86. The van der Waals surface area contributed by atoms with Crippen LogP contribution in [0.1, 0.15) is 0 Å². The van der Waals surface area contributed by atoms with E-state index >= 15 is 0 Å². The van der Waals surface area contributed by atoms with Crippen molar-refractivity contribution >= 4 is 0 Å². The van der Waals surface area contributed by atoms with Crippen LogP contribution >= 0.6 is 0 Å². The van der Waals surface area contributed by atoms with E-state index < -0.39 is 0 Å². The summed E-state index contributed by atoms with van der Waals surface area (Å²) in [7, 11) is 0. The average Bonchev–Trinajstić information content (AvgIpc) is 2.71. The van der Waals surface area contributed by atoms with Crippen LogP contribution in [0.15, 0.2) is 109 Å². The Balaban J connectivity index is 0.000000241. The molecule has 0 bridgehead atoms. The van der Waals surface area contributed by atoms with E-state index in [1.807, 2.05) is 85.2 Å². The van der Waals surface area contributed by atoms with Gasteiger partial charge in [-0.05, 0) is 24.3 Å². The summed E-state index contributed by atoms with van der Waals surface area (Å²) in [6, 6.07) is 32.2. The van der Waals surface area contributed by atoms with Crippen molar-refractivity contribution in [1.29, 1.82) is 0 Å². The zero-order valence-corrected chi connectivity index (χ0v) is 17.0. The molecule has 0 unspecified atom stereocenters. The molecule has 0 aliphatic heterocycles. The number of hydrogen-bond acceptors (Lipinski definition) is 2. The quantitative estimate of drug-likeness (QED) is 0.391. The third kappa shape index (κ3) is 6.55. The van der Waals surface area contributed by atoms with Crippen LogP contribution in [-0.2, 0) is 21.1 Å². The second-order valence-electron chi connectivity index (χ2n) is 5.16. The van der Waals surface area contributed by atoms with Crippen LogP contribution in [0.4, 0.5) is 0 Å². The number of benzene rings is 2. The normalized spacial score (nSPS) is 8.92. The van der Waals surface area contributed by atoms with Crippen molar-refractivity contribution in [3.63, 3.8) is 0 Å². The number of nitrogens with zero attached hydrogens (tertiary/aromatic N) is 2. The van der Waals surface area contributed by atoms with E-state index in [4.69, 9.17) is 0 Å². The molecule has 4 aromatic rings. The number of aromatic nitrogens is 2. The standard InChI is InChI=1S/2C11H9N.ClH.Pt/c2*1-2-6-10(7-3-1)11-8-4-5-9-12-11;;/h2*1-9H;1H;/q;;;+2/p-1. The Labute approximate surface area is 175 Å². The van der Waals surface area contributed by atoms with Crippen molar-refractivity contribution in [3.05, 3.63) is 109 Å². The summed E-state index contributed by atoms with van der Waals surface area (Å²) >= 11 is 0. The SMILES string of the molecule is [Cl-].[Pt+2].c1ccc(-c2ccccn2)cc1.c1ccc(-c2ccccn2)cc1. The Hall–Kier alpha value is -2.28. The summed E-state index contributed by atoms with van der Waals surface area (Å²) in [5.41, 5.74) is 4.38. The summed E-state index contributed by atoms with van der Waals surface area (Å²) in [6.07, 6.45) is 3.62. The second-order valence-corrected chi connectivity index (χ2v) is 5.16. The fourth-order valence-electron chi connectivity index (χ4n) is 2.28. The van der Waals surface area contributed by atoms with E-state index in [1.165, 1.54) is 0 Å². The molecule has 4 rings (SSSR count). The predicted molar refractivity (Wildman–Crippen MR) is 99.3 cm³/mol. The summed E-state index contributed by atoms with van der Waals surface area (Å²) in [5, 5.41) is 0. The molecule has 4 heteroatoms. The number of rotatable bonds is 2. The monoisotopic (exact) mass is 540 g/mol. The van der Waals surface area contributed by atoms with Gasteiger partial charge in [-0.25, -0.2) is 0 Å². The maximum absolute atomic E-state index is 4.25. The molecule has 0 aliphatic rings. The van der Waals surface area contributed by atoms with Crippen molar-refractivity contribution in [2.75, 3.05) is 0 Å². The van der Waals surface area contributed by atoms with Gasteiger partial charge in [-0.15, -0.1) is 0 Å². The summed E-state index contributed by atoms with van der Waals surface area (Å²) in [5.74, 6) is 0. The van der Waals surface area contributed by atoms with Crippen molar-refractivity contribution in [1.82, 2.24) is 9.97 Å². The molecule has 0 spiro atoms. The Bertz CT molecular complexity index is 692. The molecule has 0 radical (unpaired) electrons. The molecule has 132 valence electrons. The van der Waals surface area contributed by atoms with Crippen molar-refractivity contribution in [2.45, 2.75) is 0 Å². The number of pyridine rings is 2. The first kappa shape index (κ1) is 21.8. The van der Waals surface area contributed by atoms with E-state index in [1.54, 1.807) is 0 Å². The zero-order chi connectivity index (χ0) is 16.5. The molecule has 0 saturated heterocycles. The van der Waals surface area contributed by atoms with Crippen LogP contribution < -0.4 is 12.4 Å². The molecule has 0 N–H and O–H groups in total. The van der Waals surface area contributed by atoms with E-state index in [0.29, 0.717) is 0 Å². The molecular formula is C22H18ClN2Pt+. The molecule has 26 heavy (non-hydrogen) atoms. The van der Waals surface area contributed by atoms with E-state index in [9.17, 15) is 0 Å². The summed E-state index contributed by atoms with van der Waals surface area (Å²) in [4.78, 5) is 8.50. The fourth-order valence-corrected chi connectivity index (χ4v) is 2.28. The van der Waals surface area contributed by atoms with Crippen LogP contribution in [0, 0.1) is 0 Å². The van der Waals surface area contributed by atoms with E-state index in [0.717, 1.165) is 22.5 Å². The molecule has 2 aromatic heterocycles. The van der Waals surface area contributed by atoms with Gasteiger partial charge in [-0.3, -0.25) is 9.97 Å². The smallest absolute Gasteiger partial charge is 1.00 e. The second kappa shape index (κ2) is 12.1. The topological polar surface area (TPSA) is 25.8 Å². The van der Waals surface area contributed by atoms with Gasteiger partial charge < -0.3 is 12.4 Å². The van der Waals surface area contributed by atoms with Crippen molar-refractivity contribution in [3.8, 4) is 22.5 Å². The van der Waals surface area contributed by atoms with Gasteiger partial charge in [0.15, 0.2) is 0 Å². The van der Waals surface area contributed by atoms with Gasteiger partial charge in [0.25, 0.3) is 0 Å². The number of halogens is 1. The first-order valence-corrected chi connectivity index (χ1v) is 7.86. The van der Waals surface area contributed by atoms with Gasteiger partial charge in [0.2, 0.25) is 0 Å². The minimum atomic E-state index is 0. The van der Waals surface area contributed by atoms with Crippen LogP contribution in [0.25, 0.3) is 22.5 Å². The van der Waals surface area contributed by atoms with E-state index in [2.05, 4.69) is 34.2 Å². The van der Waals surface area contributed by atoms with E-state index in [-0.39, 0.29) is 33.5 Å². The number of hydrogen-bond donors (Lipinski definition) is 0. The fraction of sp³-hybridized carbons (Fsp3) is 0. The third-order valence-electron chi connectivity index (χ3n) is 3.47. The first-order chi connectivity index (χ1) is 11.9. The van der Waals surface area contributed by atoms with Gasteiger partial charge >= 0.3 is 21.1 Å². The molecule has 0 amide bonds. The van der Waals surface area contributed by atoms with Crippen molar-refractivity contribution < 1.29 is 33.5 Å². The molecule has 0 aliphatic carbocycles. The summed E-state index contributed by atoms with van der Waals surface area (Å²) < 4.78 is 0. The third-order valence-corrected chi connectivity index (χ3v) is 3.47. The average molecular weight is 541 g/mol. The molecule has 0 atom stereocenters. The molecule has 0 fully saturated rings. The maximum atomic E-state index is 4.25. The Morgan fingerprint density at radius 1 is 0.423 bits per heavy atom. The molecule has 0 saturated carbocycles. The Kier molecular flexibility index (Phi) is 10.2. The molecule has 2 heterocycles. The van der Waals surface area contributed by atoms with Crippen LogP contribution in [0.5, 0.6) is 0 Å².